The average molecular weight is 338 g/mol. The van der Waals surface area contributed by atoms with Gasteiger partial charge in [-0.15, -0.1) is 11.3 Å². The Hall–Kier alpha value is -1.66. The van der Waals surface area contributed by atoms with Crippen molar-refractivity contribution >= 4 is 44.6 Å². The van der Waals surface area contributed by atoms with Crippen LogP contribution in [0.15, 0.2) is 34.1 Å². The van der Waals surface area contributed by atoms with Gasteiger partial charge in [0, 0.05) is 10.0 Å². The summed E-state index contributed by atoms with van der Waals surface area (Å²) in [4.78, 5) is 24.2. The van der Waals surface area contributed by atoms with E-state index in [1.807, 2.05) is 11.4 Å². The lowest BCUT2D eigenvalue weighted by atomic mass is 10.1. The lowest BCUT2D eigenvalue weighted by molar-refractivity contribution is -0.118. The number of ether oxygens (including phenoxy) is 1. The van der Waals surface area contributed by atoms with E-state index in [4.69, 9.17) is 4.74 Å². The maximum absolute atomic E-state index is 12.3. The van der Waals surface area contributed by atoms with Crippen LogP contribution >= 0.6 is 27.3 Å². The van der Waals surface area contributed by atoms with Gasteiger partial charge in [-0.1, -0.05) is 6.07 Å². The fourth-order valence-electron chi connectivity index (χ4n) is 1.81. The third kappa shape index (κ3) is 2.29. The monoisotopic (exact) mass is 337 g/mol. The highest BCUT2D eigenvalue weighted by Crippen LogP contribution is 2.35. The molecule has 1 amide bonds. The molecule has 1 aliphatic heterocycles. The molecule has 0 saturated heterocycles. The first-order valence-corrected chi connectivity index (χ1v) is 7.17. The van der Waals surface area contributed by atoms with E-state index in [1.165, 1.54) is 11.3 Å². The first-order chi connectivity index (χ1) is 9.15. The van der Waals surface area contributed by atoms with E-state index in [0.717, 1.165) is 0 Å². The zero-order valence-electron chi connectivity index (χ0n) is 9.60. The van der Waals surface area contributed by atoms with Crippen molar-refractivity contribution in [3.8, 4) is 5.75 Å². The molecule has 1 N–H and O–H groups in total. The highest BCUT2D eigenvalue weighted by atomic mass is 79.9. The number of rotatable bonds is 2. The van der Waals surface area contributed by atoms with Crippen LogP contribution in [-0.2, 0) is 4.79 Å². The van der Waals surface area contributed by atoms with Gasteiger partial charge in [0.05, 0.1) is 10.6 Å². The van der Waals surface area contributed by atoms with Crippen molar-refractivity contribution in [2.75, 3.05) is 11.9 Å². The molecule has 0 saturated carbocycles. The molecular weight excluding hydrogens is 330 g/mol. The molecule has 2 heterocycles. The number of carbonyl (C=O) groups is 2. The fraction of sp³-hybridized carbons (Fsp3) is 0.0769. The molecule has 1 aromatic heterocycles. The van der Waals surface area contributed by atoms with E-state index in [1.54, 1.807) is 18.2 Å². The molecule has 6 heteroatoms. The quantitative estimate of drug-likeness (QED) is 0.857. The molecule has 0 radical (unpaired) electrons. The van der Waals surface area contributed by atoms with Crippen molar-refractivity contribution < 1.29 is 14.3 Å². The molecule has 1 aromatic carbocycles. The van der Waals surface area contributed by atoms with Crippen molar-refractivity contribution in [2.24, 2.45) is 0 Å². The number of thiophene rings is 1. The number of hydrogen-bond acceptors (Lipinski definition) is 4. The number of nitrogens with one attached hydrogen (secondary N) is 1. The summed E-state index contributed by atoms with van der Waals surface area (Å²) < 4.78 is 5.95. The third-order valence-electron chi connectivity index (χ3n) is 2.69. The second-order valence-electron chi connectivity index (χ2n) is 3.97. The van der Waals surface area contributed by atoms with Crippen LogP contribution in [0.4, 0.5) is 5.69 Å². The molecule has 0 bridgehead atoms. The normalized spacial score (nSPS) is 13.4. The van der Waals surface area contributed by atoms with Gasteiger partial charge in [0.2, 0.25) is 5.78 Å². The summed E-state index contributed by atoms with van der Waals surface area (Å²) in [7, 11) is 0. The van der Waals surface area contributed by atoms with Gasteiger partial charge in [0.15, 0.2) is 6.61 Å². The average Bonchev–Trinajstić information content (AvgIpc) is 2.91. The molecule has 0 unspecified atom stereocenters. The van der Waals surface area contributed by atoms with Gasteiger partial charge in [-0.05, 0) is 39.5 Å². The van der Waals surface area contributed by atoms with Gasteiger partial charge < -0.3 is 10.1 Å². The van der Waals surface area contributed by atoms with Gasteiger partial charge in [-0.2, -0.15) is 0 Å². The van der Waals surface area contributed by atoms with Crippen molar-refractivity contribution in [1.29, 1.82) is 0 Å². The van der Waals surface area contributed by atoms with Gasteiger partial charge in [0.25, 0.3) is 5.91 Å². The van der Waals surface area contributed by atoms with E-state index < -0.39 is 0 Å². The van der Waals surface area contributed by atoms with E-state index in [0.29, 0.717) is 26.4 Å². The number of hydrogen-bond donors (Lipinski definition) is 1. The molecule has 0 spiro atoms. The Bertz CT molecular complexity index is 667. The Morgan fingerprint density at radius 3 is 3.00 bits per heavy atom. The minimum atomic E-state index is -0.197. The van der Waals surface area contributed by atoms with E-state index in [9.17, 15) is 9.59 Å². The van der Waals surface area contributed by atoms with Crippen LogP contribution in [0.1, 0.15) is 15.2 Å². The molecule has 0 atom stereocenters. The maximum Gasteiger partial charge on any atom is 0.262 e. The van der Waals surface area contributed by atoms with Crippen LogP contribution < -0.4 is 10.1 Å². The maximum atomic E-state index is 12.3. The lowest BCUT2D eigenvalue weighted by Gasteiger charge is -2.19. The minimum Gasteiger partial charge on any atom is -0.482 e. The second kappa shape index (κ2) is 4.79. The standard InChI is InChI=1S/C13H8BrNO3S/c14-8-5-9-10(18-6-12(16)15-9)4-7(8)13(17)11-2-1-3-19-11/h1-5H,6H2,(H,15,16). The molecule has 3 rings (SSSR count). The summed E-state index contributed by atoms with van der Waals surface area (Å²) in [5.41, 5.74) is 1.10. The molecule has 0 aliphatic carbocycles. The smallest absolute Gasteiger partial charge is 0.262 e. The molecule has 1 aliphatic rings. The summed E-state index contributed by atoms with van der Waals surface area (Å²) >= 11 is 4.75. The van der Waals surface area contributed by atoms with Crippen molar-refractivity contribution in [1.82, 2.24) is 0 Å². The number of fused-ring (bicyclic) bond motifs is 1. The summed E-state index contributed by atoms with van der Waals surface area (Å²) in [6.45, 7) is -0.0265. The summed E-state index contributed by atoms with van der Waals surface area (Å²) in [6, 6.07) is 6.95. The zero-order chi connectivity index (χ0) is 13.4. The van der Waals surface area contributed by atoms with Gasteiger partial charge in [-0.3, -0.25) is 9.59 Å². The summed E-state index contributed by atoms with van der Waals surface area (Å²) in [5.74, 6) is 0.254. The van der Waals surface area contributed by atoms with Gasteiger partial charge >= 0.3 is 0 Å². The third-order valence-corrected chi connectivity index (χ3v) is 4.22. The SMILES string of the molecule is O=C1COc2cc(C(=O)c3cccs3)c(Br)cc2N1. The van der Waals surface area contributed by atoms with Gasteiger partial charge in [0.1, 0.15) is 5.75 Å². The Balaban J connectivity index is 2.04. The van der Waals surface area contributed by atoms with E-state index in [2.05, 4.69) is 21.2 Å². The molecule has 4 nitrogen and oxygen atoms in total. The highest BCUT2D eigenvalue weighted by molar-refractivity contribution is 9.10. The number of benzene rings is 1. The van der Waals surface area contributed by atoms with Crippen molar-refractivity contribution in [3.05, 3.63) is 44.6 Å². The summed E-state index contributed by atoms with van der Waals surface area (Å²) in [5, 5.41) is 4.56. The van der Waals surface area contributed by atoms with Crippen molar-refractivity contribution in [3.63, 3.8) is 0 Å². The highest BCUT2D eigenvalue weighted by Gasteiger charge is 2.21. The molecule has 2 aromatic rings. The number of halogens is 1. The van der Waals surface area contributed by atoms with Gasteiger partial charge in [-0.25, -0.2) is 0 Å². The Morgan fingerprint density at radius 1 is 1.42 bits per heavy atom. The molecular formula is C13H8BrNO3S. The molecule has 19 heavy (non-hydrogen) atoms. The zero-order valence-corrected chi connectivity index (χ0v) is 12.0. The van der Waals surface area contributed by atoms with E-state index >= 15 is 0 Å². The minimum absolute atomic E-state index is 0.0265. The predicted molar refractivity (Wildman–Crippen MR) is 76.0 cm³/mol. The lowest BCUT2D eigenvalue weighted by Crippen LogP contribution is -2.25. The van der Waals surface area contributed by atoms with Crippen LogP contribution in [0.2, 0.25) is 0 Å². The first-order valence-electron chi connectivity index (χ1n) is 5.49. The molecule has 96 valence electrons. The number of anilines is 1. The second-order valence-corrected chi connectivity index (χ2v) is 5.77. The fourth-order valence-corrected chi connectivity index (χ4v) is 3.02. The summed E-state index contributed by atoms with van der Waals surface area (Å²) in [6.07, 6.45) is 0. The van der Waals surface area contributed by atoms with Crippen LogP contribution in [-0.4, -0.2) is 18.3 Å². The van der Waals surface area contributed by atoms with Crippen LogP contribution in [0.3, 0.4) is 0 Å². The largest absolute Gasteiger partial charge is 0.482 e. The van der Waals surface area contributed by atoms with Crippen LogP contribution in [0.5, 0.6) is 5.75 Å². The number of carbonyl (C=O) groups excluding carboxylic acids is 2. The van der Waals surface area contributed by atoms with Crippen LogP contribution in [0.25, 0.3) is 0 Å². The Kier molecular flexibility index (Phi) is 3.12. The predicted octanol–water partition coefficient (Wildman–Crippen LogP) is 3.07. The number of ketones is 1. The topological polar surface area (TPSA) is 55.4 Å². The first kappa shape index (κ1) is 12.4. The van der Waals surface area contributed by atoms with Crippen LogP contribution in [0, 0.1) is 0 Å². The number of amides is 1. The van der Waals surface area contributed by atoms with E-state index in [-0.39, 0.29) is 18.3 Å². The van der Waals surface area contributed by atoms with Crippen molar-refractivity contribution in [2.45, 2.75) is 0 Å². The molecule has 0 fully saturated rings. The Labute approximate surface area is 121 Å². The Morgan fingerprint density at radius 2 is 2.26 bits per heavy atom.